The number of aromatic nitrogens is 2. The fourth-order valence-electron chi connectivity index (χ4n) is 0.863. The predicted molar refractivity (Wildman–Crippen MR) is 52.4 cm³/mol. The molecule has 16 heavy (non-hydrogen) atoms. The predicted octanol–water partition coefficient (Wildman–Crippen LogP) is 3.10. The second-order valence-electron chi connectivity index (χ2n) is 2.78. The molecule has 1 rings (SSSR count). The van der Waals surface area contributed by atoms with Crippen LogP contribution in [0, 0.1) is 0 Å². The summed E-state index contributed by atoms with van der Waals surface area (Å²) in [5.41, 5.74) is -1.12. The van der Waals surface area contributed by atoms with E-state index < -0.39 is 17.2 Å². The van der Waals surface area contributed by atoms with Crippen LogP contribution in [0.3, 0.4) is 0 Å². The monoisotopic (exact) mass is 252 g/mol. The summed E-state index contributed by atoms with van der Waals surface area (Å²) >= 11 is 5.35. The van der Waals surface area contributed by atoms with Crippen LogP contribution in [0.1, 0.15) is 12.1 Å². The summed E-state index contributed by atoms with van der Waals surface area (Å²) in [6.45, 7) is 3.64. The normalized spacial score (nSPS) is 11.2. The molecule has 0 aliphatic rings. The van der Waals surface area contributed by atoms with E-state index in [0.29, 0.717) is 12.5 Å². The molecule has 1 aromatic rings. The molecule has 0 aromatic carbocycles. The van der Waals surface area contributed by atoms with E-state index in [1.807, 2.05) is 0 Å². The lowest BCUT2D eigenvalue weighted by Crippen LogP contribution is -2.10. The molecule has 88 valence electrons. The average molecular weight is 253 g/mol. The zero-order valence-corrected chi connectivity index (χ0v) is 8.85. The van der Waals surface area contributed by atoms with Crippen molar-refractivity contribution in [3.8, 4) is 5.88 Å². The van der Waals surface area contributed by atoms with Crippen LogP contribution in [0.5, 0.6) is 5.88 Å². The summed E-state index contributed by atoms with van der Waals surface area (Å²) in [5.74, 6) is -0.200. The molecule has 0 bridgehead atoms. The quantitative estimate of drug-likeness (QED) is 0.469. The zero-order valence-electron chi connectivity index (χ0n) is 8.09. The molecule has 0 fully saturated rings. The minimum absolute atomic E-state index is 0.189. The molecule has 0 N–H and O–H groups in total. The third-order valence-electron chi connectivity index (χ3n) is 1.54. The van der Waals surface area contributed by atoms with Crippen LogP contribution in [0.25, 0.3) is 0 Å². The molecule has 1 heterocycles. The first-order valence-corrected chi connectivity index (χ1v) is 4.66. The molecule has 0 saturated carbocycles. The van der Waals surface area contributed by atoms with Crippen LogP contribution in [0.15, 0.2) is 18.7 Å². The highest BCUT2D eigenvalue weighted by Crippen LogP contribution is 2.30. The number of nitrogens with zero attached hydrogens (tertiary/aromatic N) is 2. The Bertz CT molecular complexity index is 382. The topological polar surface area (TPSA) is 35.0 Å². The number of hydrogen-bond acceptors (Lipinski definition) is 3. The Morgan fingerprint density at radius 3 is 2.69 bits per heavy atom. The highest BCUT2D eigenvalue weighted by molar-refractivity contribution is 6.28. The van der Waals surface area contributed by atoms with Crippen molar-refractivity contribution < 1.29 is 17.9 Å². The summed E-state index contributed by atoms with van der Waals surface area (Å²) in [5, 5.41) is -0.497. The van der Waals surface area contributed by atoms with Crippen molar-refractivity contribution in [1.29, 1.82) is 0 Å². The fourth-order valence-corrected chi connectivity index (χ4v) is 1.04. The molecule has 0 aliphatic heterocycles. The van der Waals surface area contributed by atoms with Gasteiger partial charge in [0.1, 0.15) is 0 Å². The smallest absolute Gasteiger partial charge is 0.433 e. The van der Waals surface area contributed by atoms with Gasteiger partial charge in [0, 0.05) is 6.07 Å². The highest BCUT2D eigenvalue weighted by atomic mass is 35.5. The van der Waals surface area contributed by atoms with E-state index >= 15 is 0 Å². The van der Waals surface area contributed by atoms with E-state index in [2.05, 4.69) is 16.5 Å². The van der Waals surface area contributed by atoms with Crippen LogP contribution >= 0.6 is 11.6 Å². The number of halogens is 4. The van der Waals surface area contributed by atoms with E-state index in [0.717, 1.165) is 0 Å². The van der Waals surface area contributed by atoms with Crippen LogP contribution in [-0.4, -0.2) is 16.6 Å². The van der Waals surface area contributed by atoms with Gasteiger partial charge in [-0.2, -0.15) is 18.2 Å². The summed E-state index contributed by atoms with van der Waals surface area (Å²) in [4.78, 5) is 6.58. The van der Waals surface area contributed by atoms with Crippen molar-refractivity contribution in [3.63, 3.8) is 0 Å². The third kappa shape index (κ3) is 3.69. The molecule has 0 spiro atoms. The van der Waals surface area contributed by atoms with Gasteiger partial charge in [-0.3, -0.25) is 0 Å². The van der Waals surface area contributed by atoms with Crippen molar-refractivity contribution in [2.45, 2.75) is 12.6 Å². The summed E-state index contributed by atoms with van der Waals surface area (Å²) < 4.78 is 41.9. The lowest BCUT2D eigenvalue weighted by atomic mass is 10.4. The minimum atomic E-state index is -4.57. The van der Waals surface area contributed by atoms with Gasteiger partial charge in [-0.1, -0.05) is 6.08 Å². The van der Waals surface area contributed by atoms with Crippen LogP contribution < -0.4 is 4.74 Å². The lowest BCUT2D eigenvalue weighted by Gasteiger charge is -2.08. The molecule has 0 saturated heterocycles. The molecule has 3 nitrogen and oxygen atoms in total. The van der Waals surface area contributed by atoms with Crippen molar-refractivity contribution in [3.05, 3.63) is 29.7 Å². The highest BCUT2D eigenvalue weighted by Gasteiger charge is 2.33. The van der Waals surface area contributed by atoms with E-state index in [1.54, 1.807) is 6.08 Å². The van der Waals surface area contributed by atoms with Gasteiger partial charge in [-0.15, -0.1) is 6.58 Å². The van der Waals surface area contributed by atoms with Gasteiger partial charge in [0.15, 0.2) is 5.69 Å². The summed E-state index contributed by atoms with van der Waals surface area (Å²) in [6, 6.07) is 0.703. The Morgan fingerprint density at radius 2 is 2.12 bits per heavy atom. The molecule has 0 radical (unpaired) electrons. The Labute approximate surface area is 94.9 Å². The van der Waals surface area contributed by atoms with E-state index in [4.69, 9.17) is 16.3 Å². The van der Waals surface area contributed by atoms with Gasteiger partial charge in [0.2, 0.25) is 11.2 Å². The van der Waals surface area contributed by atoms with Crippen molar-refractivity contribution in [1.82, 2.24) is 9.97 Å². The minimum Gasteiger partial charge on any atom is -0.477 e. The summed E-state index contributed by atoms with van der Waals surface area (Å²) in [7, 11) is 0. The summed E-state index contributed by atoms with van der Waals surface area (Å²) in [6.07, 6.45) is -2.49. The van der Waals surface area contributed by atoms with E-state index in [9.17, 15) is 13.2 Å². The van der Waals surface area contributed by atoms with Gasteiger partial charge < -0.3 is 4.74 Å². The van der Waals surface area contributed by atoms with Crippen LogP contribution in [0.4, 0.5) is 13.2 Å². The van der Waals surface area contributed by atoms with Gasteiger partial charge in [-0.25, -0.2) is 4.98 Å². The first kappa shape index (κ1) is 12.8. The van der Waals surface area contributed by atoms with Crippen LogP contribution in [0.2, 0.25) is 5.28 Å². The standard InChI is InChI=1S/C9H8ClF3N2O/c1-2-3-4-16-7-5-6(9(11,12)13)14-8(10)15-7/h2,5H,1,3-4H2. The lowest BCUT2D eigenvalue weighted by molar-refractivity contribution is -0.141. The first-order chi connectivity index (χ1) is 7.43. The Morgan fingerprint density at radius 1 is 1.44 bits per heavy atom. The van der Waals surface area contributed by atoms with E-state index in [1.165, 1.54) is 0 Å². The second-order valence-corrected chi connectivity index (χ2v) is 3.12. The third-order valence-corrected chi connectivity index (χ3v) is 1.71. The zero-order chi connectivity index (χ0) is 12.2. The molecule has 0 amide bonds. The van der Waals surface area contributed by atoms with Crippen molar-refractivity contribution in [2.75, 3.05) is 6.61 Å². The van der Waals surface area contributed by atoms with Gasteiger partial charge >= 0.3 is 6.18 Å². The number of rotatable bonds is 4. The van der Waals surface area contributed by atoms with Gasteiger partial charge in [0.05, 0.1) is 6.61 Å². The maximum Gasteiger partial charge on any atom is 0.433 e. The second kappa shape index (κ2) is 5.16. The Balaban J connectivity index is 2.86. The largest absolute Gasteiger partial charge is 0.477 e. The molecular weight excluding hydrogens is 245 g/mol. The Kier molecular flexibility index (Phi) is 4.12. The van der Waals surface area contributed by atoms with E-state index in [-0.39, 0.29) is 12.5 Å². The van der Waals surface area contributed by atoms with Crippen LogP contribution in [-0.2, 0) is 6.18 Å². The molecule has 0 aliphatic carbocycles. The number of hydrogen-bond donors (Lipinski definition) is 0. The average Bonchev–Trinajstić information content (AvgIpc) is 2.16. The number of ether oxygens (including phenoxy) is 1. The molecule has 0 atom stereocenters. The molecule has 7 heteroatoms. The van der Waals surface area contributed by atoms with Crippen molar-refractivity contribution >= 4 is 11.6 Å². The fraction of sp³-hybridized carbons (Fsp3) is 0.333. The first-order valence-electron chi connectivity index (χ1n) is 4.29. The van der Waals surface area contributed by atoms with Gasteiger partial charge in [-0.05, 0) is 18.0 Å². The van der Waals surface area contributed by atoms with Crippen molar-refractivity contribution in [2.24, 2.45) is 0 Å². The molecule has 1 aromatic heterocycles. The number of alkyl halides is 3. The van der Waals surface area contributed by atoms with Gasteiger partial charge in [0.25, 0.3) is 0 Å². The molecule has 0 unspecified atom stereocenters. The maximum absolute atomic E-state index is 12.3. The maximum atomic E-state index is 12.3. The Hall–Kier alpha value is -1.30. The SMILES string of the molecule is C=CCCOc1cc(C(F)(F)F)nc(Cl)n1. The molecular formula is C9H8ClF3N2O.